The smallest absolute Gasteiger partial charge is 0.243 e. The Morgan fingerprint density at radius 1 is 1.12 bits per heavy atom. The maximum atomic E-state index is 13.0. The maximum Gasteiger partial charge on any atom is 0.243 e. The number of hydrogen-bond donors (Lipinski definition) is 1. The van der Waals surface area contributed by atoms with Crippen LogP contribution in [0.15, 0.2) is 29.2 Å². The third kappa shape index (κ3) is 4.40. The molecule has 1 amide bonds. The number of hydrogen-bond acceptors (Lipinski definition) is 4. The third-order valence-electron chi connectivity index (χ3n) is 4.95. The minimum Gasteiger partial charge on any atom is -0.381 e. The fourth-order valence-corrected chi connectivity index (χ4v) is 5.17. The number of amides is 1. The van der Waals surface area contributed by atoms with Crippen LogP contribution < -0.4 is 5.32 Å². The van der Waals surface area contributed by atoms with Crippen molar-refractivity contribution in [1.29, 1.82) is 0 Å². The van der Waals surface area contributed by atoms with Crippen molar-refractivity contribution in [2.24, 2.45) is 5.92 Å². The Balaban J connectivity index is 1.71. The molecule has 0 unspecified atom stereocenters. The highest BCUT2D eigenvalue weighted by Gasteiger charge is 2.28. The van der Waals surface area contributed by atoms with Crippen molar-refractivity contribution in [2.75, 3.05) is 26.3 Å². The zero-order valence-corrected chi connectivity index (χ0v) is 15.3. The first kappa shape index (κ1) is 18.4. The van der Waals surface area contributed by atoms with Crippen molar-refractivity contribution in [2.45, 2.75) is 43.5 Å². The Hall–Kier alpha value is -1.44. The molecule has 1 N–H and O–H groups in total. The van der Waals surface area contributed by atoms with E-state index in [2.05, 4.69) is 5.32 Å². The van der Waals surface area contributed by atoms with E-state index in [1.165, 1.54) is 0 Å². The first-order valence-corrected chi connectivity index (χ1v) is 10.5. The molecule has 0 saturated carbocycles. The molecular weight excluding hydrogens is 340 g/mol. The molecule has 7 heteroatoms. The van der Waals surface area contributed by atoms with Crippen LogP contribution in [-0.4, -0.2) is 44.9 Å². The standard InChI is InChI=1S/C18H26N2O4S/c21-18(15-8-12-24-13-9-15)19-14-16-6-2-3-7-17(16)25(22,23)20-10-4-1-5-11-20/h2-3,6-7,15H,1,4-5,8-14H2,(H,19,21). The maximum absolute atomic E-state index is 13.0. The highest BCUT2D eigenvalue weighted by Crippen LogP contribution is 2.24. The van der Waals surface area contributed by atoms with Crippen LogP contribution in [0.3, 0.4) is 0 Å². The van der Waals surface area contributed by atoms with E-state index in [0.717, 1.165) is 32.1 Å². The SMILES string of the molecule is O=C(NCc1ccccc1S(=O)(=O)N1CCCCC1)C1CCOCC1. The molecule has 2 heterocycles. The highest BCUT2D eigenvalue weighted by molar-refractivity contribution is 7.89. The van der Waals surface area contributed by atoms with Crippen LogP contribution in [-0.2, 0) is 26.1 Å². The van der Waals surface area contributed by atoms with Crippen LogP contribution in [0.5, 0.6) is 0 Å². The predicted molar refractivity (Wildman–Crippen MR) is 94.4 cm³/mol. The van der Waals surface area contributed by atoms with Gasteiger partial charge >= 0.3 is 0 Å². The Morgan fingerprint density at radius 2 is 1.80 bits per heavy atom. The first-order chi connectivity index (χ1) is 12.1. The zero-order valence-electron chi connectivity index (χ0n) is 14.4. The van der Waals surface area contributed by atoms with Crippen molar-refractivity contribution in [1.82, 2.24) is 9.62 Å². The lowest BCUT2D eigenvalue weighted by Crippen LogP contribution is -2.37. The van der Waals surface area contributed by atoms with Gasteiger partial charge in [0.1, 0.15) is 0 Å². The van der Waals surface area contributed by atoms with Crippen LogP contribution >= 0.6 is 0 Å². The third-order valence-corrected chi connectivity index (χ3v) is 6.95. The number of sulfonamides is 1. The van der Waals surface area contributed by atoms with Crippen LogP contribution in [0, 0.1) is 5.92 Å². The number of rotatable bonds is 5. The molecule has 3 rings (SSSR count). The fourth-order valence-electron chi connectivity index (χ4n) is 3.43. The van der Waals surface area contributed by atoms with Crippen molar-refractivity contribution >= 4 is 15.9 Å². The van der Waals surface area contributed by atoms with E-state index in [-0.39, 0.29) is 18.4 Å². The summed E-state index contributed by atoms with van der Waals surface area (Å²) < 4.78 is 32.7. The molecular formula is C18H26N2O4S. The van der Waals surface area contributed by atoms with Gasteiger partial charge in [0.15, 0.2) is 0 Å². The van der Waals surface area contributed by atoms with E-state index in [4.69, 9.17) is 4.74 Å². The molecule has 0 spiro atoms. The topological polar surface area (TPSA) is 75.7 Å². The van der Waals surface area contributed by atoms with E-state index in [1.807, 2.05) is 6.07 Å². The lowest BCUT2D eigenvalue weighted by atomic mass is 9.99. The summed E-state index contributed by atoms with van der Waals surface area (Å²) in [6.45, 7) is 2.60. The lowest BCUT2D eigenvalue weighted by Gasteiger charge is -2.27. The molecule has 0 radical (unpaired) electrons. The van der Waals surface area contributed by atoms with Gasteiger partial charge in [-0.1, -0.05) is 24.6 Å². The minimum absolute atomic E-state index is 0.0199. The van der Waals surface area contributed by atoms with Gasteiger partial charge in [-0.15, -0.1) is 0 Å². The van der Waals surface area contributed by atoms with Crippen LogP contribution in [0.25, 0.3) is 0 Å². The van der Waals surface area contributed by atoms with Gasteiger partial charge in [0.05, 0.1) is 4.90 Å². The van der Waals surface area contributed by atoms with Gasteiger partial charge in [-0.25, -0.2) is 8.42 Å². The summed E-state index contributed by atoms with van der Waals surface area (Å²) in [7, 11) is -3.50. The number of carbonyl (C=O) groups is 1. The molecule has 6 nitrogen and oxygen atoms in total. The Labute approximate surface area is 149 Å². The van der Waals surface area contributed by atoms with Gasteiger partial charge in [-0.05, 0) is 37.3 Å². The van der Waals surface area contributed by atoms with Crippen LogP contribution in [0.4, 0.5) is 0 Å². The summed E-state index contributed by atoms with van der Waals surface area (Å²) >= 11 is 0. The second-order valence-corrected chi connectivity index (χ2v) is 8.58. The number of ether oxygens (including phenoxy) is 1. The Morgan fingerprint density at radius 3 is 2.52 bits per heavy atom. The normalized spacial score (nSPS) is 20.3. The number of nitrogens with zero attached hydrogens (tertiary/aromatic N) is 1. The van der Waals surface area contributed by atoms with Gasteiger partial charge in [-0.2, -0.15) is 4.31 Å². The monoisotopic (exact) mass is 366 g/mol. The van der Waals surface area contributed by atoms with E-state index in [0.29, 0.717) is 36.8 Å². The van der Waals surface area contributed by atoms with E-state index in [9.17, 15) is 13.2 Å². The zero-order chi connectivity index (χ0) is 17.7. The molecule has 1 aromatic carbocycles. The van der Waals surface area contributed by atoms with Gasteiger partial charge in [0.2, 0.25) is 15.9 Å². The van der Waals surface area contributed by atoms with Gasteiger partial charge in [0, 0.05) is 38.8 Å². The summed E-state index contributed by atoms with van der Waals surface area (Å²) in [5.41, 5.74) is 0.647. The number of carbonyl (C=O) groups excluding carboxylic acids is 1. The van der Waals surface area contributed by atoms with E-state index in [1.54, 1.807) is 22.5 Å². The first-order valence-electron chi connectivity index (χ1n) is 9.02. The van der Waals surface area contributed by atoms with Crippen molar-refractivity contribution in [3.63, 3.8) is 0 Å². The second kappa shape index (κ2) is 8.29. The largest absolute Gasteiger partial charge is 0.381 e. The molecule has 138 valence electrons. The summed E-state index contributed by atoms with van der Waals surface area (Å²) in [5, 5.41) is 2.91. The molecule has 2 aliphatic rings. The molecule has 25 heavy (non-hydrogen) atoms. The average Bonchev–Trinajstić information content (AvgIpc) is 2.67. The quantitative estimate of drug-likeness (QED) is 0.864. The Bertz CT molecular complexity index is 693. The van der Waals surface area contributed by atoms with Crippen LogP contribution in [0.1, 0.15) is 37.7 Å². The second-order valence-electron chi connectivity index (χ2n) is 6.68. The van der Waals surface area contributed by atoms with Gasteiger partial charge < -0.3 is 10.1 Å². The predicted octanol–water partition coefficient (Wildman–Crippen LogP) is 1.90. The molecule has 2 saturated heterocycles. The Kier molecular flexibility index (Phi) is 6.09. The number of nitrogens with one attached hydrogen (secondary N) is 1. The molecule has 0 atom stereocenters. The highest BCUT2D eigenvalue weighted by atomic mass is 32.2. The summed E-state index contributed by atoms with van der Waals surface area (Å²) in [5.74, 6) is -0.0620. The van der Waals surface area contributed by atoms with Gasteiger partial charge in [-0.3, -0.25) is 4.79 Å². The van der Waals surface area contributed by atoms with E-state index < -0.39 is 10.0 Å². The summed E-state index contributed by atoms with van der Waals surface area (Å²) in [6, 6.07) is 6.97. The molecule has 1 aromatic rings. The molecule has 0 aromatic heterocycles. The minimum atomic E-state index is -3.50. The van der Waals surface area contributed by atoms with Crippen molar-refractivity contribution < 1.29 is 17.9 Å². The van der Waals surface area contributed by atoms with Crippen molar-refractivity contribution in [3.05, 3.63) is 29.8 Å². The lowest BCUT2D eigenvalue weighted by molar-refractivity contribution is -0.128. The fraction of sp³-hybridized carbons (Fsp3) is 0.611. The van der Waals surface area contributed by atoms with Crippen molar-refractivity contribution in [3.8, 4) is 0 Å². The number of piperidine rings is 1. The molecule has 0 bridgehead atoms. The van der Waals surface area contributed by atoms with Crippen LogP contribution in [0.2, 0.25) is 0 Å². The van der Waals surface area contributed by atoms with E-state index >= 15 is 0 Å². The summed E-state index contributed by atoms with van der Waals surface area (Å²) in [6.07, 6.45) is 4.33. The summed E-state index contributed by atoms with van der Waals surface area (Å²) in [4.78, 5) is 12.6. The molecule has 2 aliphatic heterocycles. The number of benzene rings is 1. The average molecular weight is 366 g/mol. The molecule has 2 fully saturated rings. The molecule has 0 aliphatic carbocycles. The van der Waals surface area contributed by atoms with Gasteiger partial charge in [0.25, 0.3) is 0 Å².